The fraction of sp³-hybridized carbons (Fsp3) is 0.565. The van der Waals surface area contributed by atoms with Crippen molar-refractivity contribution in [3.63, 3.8) is 0 Å². The maximum absolute atomic E-state index is 14.5. The molecule has 0 radical (unpaired) electrons. The van der Waals surface area contributed by atoms with E-state index >= 15 is 0 Å². The number of allylic oxidation sites excluding steroid dienone is 7. The van der Waals surface area contributed by atoms with Crippen LogP contribution in [-0.4, -0.2) is 32.5 Å². The van der Waals surface area contributed by atoms with Crippen LogP contribution in [0.2, 0.25) is 0 Å². The molecule has 1 aliphatic rings. The Bertz CT molecular complexity index is 636. The molecule has 0 aromatic rings. The summed E-state index contributed by atoms with van der Waals surface area (Å²) in [6.45, 7) is 11.8. The molecule has 2 atom stereocenters. The molecule has 0 aromatic carbocycles. The second-order valence-corrected chi connectivity index (χ2v) is 6.87. The Kier molecular flexibility index (Phi) is 11.0. The van der Waals surface area contributed by atoms with E-state index in [0.717, 1.165) is 24.8 Å². The van der Waals surface area contributed by atoms with E-state index in [9.17, 15) is 8.78 Å². The lowest BCUT2D eigenvalue weighted by Crippen LogP contribution is -2.30. The van der Waals surface area contributed by atoms with Crippen LogP contribution in [-0.2, 0) is 14.2 Å². The molecule has 2 unspecified atom stereocenters. The van der Waals surface area contributed by atoms with Gasteiger partial charge in [-0.15, -0.1) is 6.58 Å². The van der Waals surface area contributed by atoms with Crippen molar-refractivity contribution in [1.82, 2.24) is 0 Å². The van der Waals surface area contributed by atoms with Gasteiger partial charge in [-0.05, 0) is 56.3 Å². The Morgan fingerprint density at radius 2 is 1.82 bits per heavy atom. The number of hydrogen-bond donors (Lipinski definition) is 0. The molecule has 1 heterocycles. The number of rotatable bonds is 10. The van der Waals surface area contributed by atoms with Crippen molar-refractivity contribution in [1.29, 1.82) is 0 Å². The van der Waals surface area contributed by atoms with Crippen molar-refractivity contribution in [3.8, 4) is 0 Å². The van der Waals surface area contributed by atoms with Gasteiger partial charge in [0.05, 0.1) is 32.5 Å². The Balaban J connectivity index is 2.82. The van der Waals surface area contributed by atoms with E-state index in [4.69, 9.17) is 14.2 Å². The number of halogens is 2. The summed E-state index contributed by atoms with van der Waals surface area (Å²) >= 11 is 0. The Hall–Kier alpha value is -1.72. The van der Waals surface area contributed by atoms with Crippen LogP contribution in [0.5, 0.6) is 0 Å². The quantitative estimate of drug-likeness (QED) is 0.240. The van der Waals surface area contributed by atoms with Crippen molar-refractivity contribution in [2.24, 2.45) is 0 Å². The minimum Gasteiger partial charge on any atom is -0.498 e. The average Bonchev–Trinajstić information content (AvgIpc) is 2.73. The third-order valence-electron chi connectivity index (χ3n) is 4.96. The van der Waals surface area contributed by atoms with Crippen LogP contribution in [0.1, 0.15) is 53.4 Å². The maximum Gasteiger partial charge on any atom is 0.196 e. The fourth-order valence-corrected chi connectivity index (χ4v) is 2.89. The molecule has 1 aliphatic heterocycles. The van der Waals surface area contributed by atoms with Gasteiger partial charge < -0.3 is 14.2 Å². The van der Waals surface area contributed by atoms with Crippen molar-refractivity contribution in [2.75, 3.05) is 20.3 Å². The lowest BCUT2D eigenvalue weighted by Gasteiger charge is -2.27. The van der Waals surface area contributed by atoms with Crippen LogP contribution < -0.4 is 0 Å². The molecule has 0 saturated carbocycles. The Morgan fingerprint density at radius 3 is 2.32 bits per heavy atom. The average molecular weight is 397 g/mol. The van der Waals surface area contributed by atoms with E-state index in [1.54, 1.807) is 13.8 Å². The lowest BCUT2D eigenvalue weighted by molar-refractivity contribution is -0.0655. The highest BCUT2D eigenvalue weighted by Crippen LogP contribution is 2.28. The highest BCUT2D eigenvalue weighted by molar-refractivity contribution is 5.40. The third kappa shape index (κ3) is 7.36. The normalized spacial score (nSPS) is 23.1. The molecule has 0 N–H and O–H groups in total. The van der Waals surface area contributed by atoms with Gasteiger partial charge in [-0.3, -0.25) is 0 Å². The zero-order chi connectivity index (χ0) is 21.1. The summed E-state index contributed by atoms with van der Waals surface area (Å²) in [6, 6.07) is 0. The minimum atomic E-state index is -0.953. The summed E-state index contributed by atoms with van der Waals surface area (Å²) in [5.74, 6) is -1.89. The Morgan fingerprint density at radius 1 is 1.11 bits per heavy atom. The molecule has 158 valence electrons. The topological polar surface area (TPSA) is 27.7 Å². The van der Waals surface area contributed by atoms with E-state index in [1.807, 2.05) is 25.2 Å². The van der Waals surface area contributed by atoms with Gasteiger partial charge in [0.2, 0.25) is 0 Å². The predicted molar refractivity (Wildman–Crippen MR) is 110 cm³/mol. The van der Waals surface area contributed by atoms with Gasteiger partial charge in [0.1, 0.15) is 5.76 Å². The van der Waals surface area contributed by atoms with E-state index < -0.39 is 11.7 Å². The maximum atomic E-state index is 14.5. The number of ether oxygens (including phenoxy) is 3. The highest BCUT2D eigenvalue weighted by atomic mass is 19.2. The van der Waals surface area contributed by atoms with Crippen molar-refractivity contribution < 1.29 is 23.0 Å². The minimum absolute atomic E-state index is 0.0668. The van der Waals surface area contributed by atoms with E-state index in [2.05, 4.69) is 6.58 Å². The molecule has 0 bridgehead atoms. The first-order valence-corrected chi connectivity index (χ1v) is 9.89. The SMILES string of the molecule is C=CC1CCC(OC/C(=C/C=C(C)/C(CC)=C(F)/C(F)=C(\C)OC)CC)CO1. The second kappa shape index (κ2) is 12.7. The first-order valence-electron chi connectivity index (χ1n) is 9.89. The molecule has 5 heteroatoms. The second-order valence-electron chi connectivity index (χ2n) is 6.87. The molecule has 0 aliphatic carbocycles. The monoisotopic (exact) mass is 396 g/mol. The third-order valence-corrected chi connectivity index (χ3v) is 4.96. The van der Waals surface area contributed by atoms with Crippen LogP contribution in [0, 0.1) is 0 Å². The fourth-order valence-electron chi connectivity index (χ4n) is 2.89. The van der Waals surface area contributed by atoms with Crippen LogP contribution >= 0.6 is 0 Å². The predicted octanol–water partition coefficient (Wildman–Crippen LogP) is 6.50. The first-order chi connectivity index (χ1) is 13.4. The molecular weight excluding hydrogens is 362 g/mol. The van der Waals surface area contributed by atoms with Crippen molar-refractivity contribution >= 4 is 0 Å². The lowest BCUT2D eigenvalue weighted by atomic mass is 10.0. The molecular formula is C23H34F2O3. The zero-order valence-electron chi connectivity index (χ0n) is 17.8. The van der Waals surface area contributed by atoms with Crippen LogP contribution in [0.15, 0.2) is 58.9 Å². The van der Waals surface area contributed by atoms with Crippen LogP contribution in [0.3, 0.4) is 0 Å². The van der Waals surface area contributed by atoms with E-state index in [-0.39, 0.29) is 18.0 Å². The standard InChI is InChI=1S/C23H34F2O3/c1-7-18(14-27-20-13-12-19(8-2)28-15-20)11-10-16(4)21(9-3)23(25)22(24)17(5)26-6/h8,10-11,19-20H,2,7,9,12-15H2,1,3-6H3/b16-10+,18-11+,22-17-,23-21-. The summed E-state index contributed by atoms with van der Waals surface area (Å²) in [4.78, 5) is 0. The van der Waals surface area contributed by atoms with E-state index in [1.165, 1.54) is 14.0 Å². The van der Waals surface area contributed by atoms with Gasteiger partial charge in [0.25, 0.3) is 0 Å². The summed E-state index contributed by atoms with van der Waals surface area (Å²) in [5.41, 5.74) is 2.10. The van der Waals surface area contributed by atoms with Gasteiger partial charge >= 0.3 is 0 Å². The number of methoxy groups -OCH3 is 1. The van der Waals surface area contributed by atoms with Gasteiger partial charge in [-0.2, -0.15) is 0 Å². The molecule has 1 saturated heterocycles. The summed E-state index contributed by atoms with van der Waals surface area (Å²) in [5, 5.41) is 0. The van der Waals surface area contributed by atoms with Crippen LogP contribution in [0.4, 0.5) is 8.78 Å². The summed E-state index contributed by atoms with van der Waals surface area (Å²) < 4.78 is 44.9. The Labute approximate surface area is 168 Å². The molecule has 28 heavy (non-hydrogen) atoms. The molecule has 1 fully saturated rings. The highest BCUT2D eigenvalue weighted by Gasteiger charge is 2.20. The molecule has 1 rings (SSSR count). The molecule has 3 nitrogen and oxygen atoms in total. The number of hydrogen-bond acceptors (Lipinski definition) is 3. The molecule has 0 aromatic heterocycles. The van der Waals surface area contributed by atoms with Gasteiger partial charge in [-0.25, -0.2) is 8.78 Å². The van der Waals surface area contributed by atoms with Crippen LogP contribution in [0.25, 0.3) is 0 Å². The van der Waals surface area contributed by atoms with Gasteiger partial charge in [0.15, 0.2) is 11.7 Å². The van der Waals surface area contributed by atoms with E-state index in [0.29, 0.717) is 30.8 Å². The van der Waals surface area contributed by atoms with Crippen molar-refractivity contribution in [3.05, 3.63) is 58.9 Å². The largest absolute Gasteiger partial charge is 0.498 e. The van der Waals surface area contributed by atoms with Crippen molar-refractivity contribution in [2.45, 2.75) is 65.6 Å². The summed E-state index contributed by atoms with van der Waals surface area (Å²) in [7, 11) is 1.32. The molecule has 0 spiro atoms. The zero-order valence-corrected chi connectivity index (χ0v) is 17.8. The first kappa shape index (κ1) is 24.3. The smallest absolute Gasteiger partial charge is 0.196 e. The molecule has 0 amide bonds. The summed E-state index contributed by atoms with van der Waals surface area (Å²) in [6.07, 6.45) is 8.84. The van der Waals surface area contributed by atoms with Gasteiger partial charge in [0, 0.05) is 0 Å². The van der Waals surface area contributed by atoms with Gasteiger partial charge in [-0.1, -0.05) is 32.1 Å².